The highest BCUT2D eigenvalue weighted by Crippen LogP contribution is 2.21. The summed E-state index contributed by atoms with van der Waals surface area (Å²) in [5, 5.41) is 0.0335. The van der Waals surface area contributed by atoms with E-state index in [0.717, 1.165) is 24.0 Å². The molecule has 0 N–H and O–H groups in total. The number of hydrogen-bond donors (Lipinski definition) is 0. The lowest BCUT2D eigenvalue weighted by molar-refractivity contribution is 0.608. The van der Waals surface area contributed by atoms with Crippen LogP contribution in [0.15, 0.2) is 16.9 Å². The van der Waals surface area contributed by atoms with Crippen molar-refractivity contribution in [1.29, 1.82) is 0 Å². The third-order valence-corrected chi connectivity index (χ3v) is 3.46. The zero-order chi connectivity index (χ0) is 14.6. The van der Waals surface area contributed by atoms with Crippen molar-refractivity contribution >= 4 is 22.9 Å². The molecule has 0 radical (unpaired) electrons. The molecule has 3 nitrogen and oxygen atoms in total. The molecular formula is C14H19ClFN3. The van der Waals surface area contributed by atoms with E-state index in [9.17, 15) is 4.39 Å². The van der Waals surface area contributed by atoms with Crippen molar-refractivity contribution in [3.63, 3.8) is 0 Å². The molecule has 1 aromatic heterocycles. The van der Waals surface area contributed by atoms with Gasteiger partial charge >= 0.3 is 0 Å². The highest BCUT2D eigenvalue weighted by molar-refractivity contribution is 6.28. The summed E-state index contributed by atoms with van der Waals surface area (Å²) >= 11 is 5.70. The van der Waals surface area contributed by atoms with Crippen LogP contribution in [0.25, 0.3) is 5.57 Å². The Labute approximate surface area is 118 Å². The Hall–Kier alpha value is -1.29. The van der Waals surface area contributed by atoms with Crippen LogP contribution in [-0.4, -0.2) is 15.7 Å². The third kappa shape index (κ3) is 4.10. The summed E-state index contributed by atoms with van der Waals surface area (Å²) in [4.78, 5) is 12.0. The van der Waals surface area contributed by atoms with Gasteiger partial charge in [0.05, 0.1) is 6.20 Å². The fourth-order valence-corrected chi connectivity index (χ4v) is 1.67. The van der Waals surface area contributed by atoms with Crippen molar-refractivity contribution in [2.24, 2.45) is 10.9 Å². The van der Waals surface area contributed by atoms with Crippen LogP contribution in [0.2, 0.25) is 5.28 Å². The van der Waals surface area contributed by atoms with Crippen LogP contribution in [0, 0.1) is 11.7 Å². The van der Waals surface area contributed by atoms with Gasteiger partial charge in [0.1, 0.15) is 5.69 Å². The Morgan fingerprint density at radius 1 is 1.42 bits per heavy atom. The normalized spacial score (nSPS) is 15.2. The minimum absolute atomic E-state index is 0.0335. The number of rotatable bonds is 4. The first-order valence-corrected chi connectivity index (χ1v) is 6.65. The molecule has 0 fully saturated rings. The van der Waals surface area contributed by atoms with Crippen molar-refractivity contribution in [2.75, 3.05) is 0 Å². The summed E-state index contributed by atoms with van der Waals surface area (Å²) in [7, 11) is 0. The molecule has 1 aromatic rings. The standard InChI is InChI=1S/C14H19ClFN3/c1-6-8(2)10(4)18-11(5)9(3)13-12(16)7-17-14(15)19-13/h7-8H,6H2,1-5H3/b11-9+,18-10-. The minimum atomic E-state index is -0.488. The first-order chi connectivity index (χ1) is 8.86. The number of halogens is 2. The van der Waals surface area contributed by atoms with Crippen LogP contribution in [0.1, 0.15) is 46.7 Å². The Morgan fingerprint density at radius 2 is 2.05 bits per heavy atom. The lowest BCUT2D eigenvalue weighted by atomic mass is 10.0. The average Bonchev–Trinajstić information content (AvgIpc) is 2.39. The number of aromatic nitrogens is 2. The second-order valence-electron chi connectivity index (χ2n) is 4.61. The molecule has 19 heavy (non-hydrogen) atoms. The molecule has 104 valence electrons. The quantitative estimate of drug-likeness (QED) is 0.601. The maximum atomic E-state index is 13.7. The Balaban J connectivity index is 3.18. The van der Waals surface area contributed by atoms with E-state index in [1.54, 1.807) is 6.92 Å². The maximum absolute atomic E-state index is 13.7. The average molecular weight is 284 g/mol. The van der Waals surface area contributed by atoms with E-state index in [1.807, 2.05) is 13.8 Å². The highest BCUT2D eigenvalue weighted by atomic mass is 35.5. The SMILES string of the molecule is CCC(C)/C(C)=N\C(C)=C(/C)c1nc(Cl)ncc1F. The van der Waals surface area contributed by atoms with Gasteiger partial charge in [-0.2, -0.15) is 0 Å². The van der Waals surface area contributed by atoms with Gasteiger partial charge in [0, 0.05) is 11.4 Å². The van der Waals surface area contributed by atoms with Crippen molar-refractivity contribution in [2.45, 2.75) is 41.0 Å². The van der Waals surface area contributed by atoms with Gasteiger partial charge in [-0.1, -0.05) is 13.8 Å². The molecule has 0 spiro atoms. The minimum Gasteiger partial charge on any atom is -0.262 e. The fourth-order valence-electron chi connectivity index (χ4n) is 1.53. The lowest BCUT2D eigenvalue weighted by Gasteiger charge is -2.10. The summed E-state index contributed by atoms with van der Waals surface area (Å²) in [6, 6.07) is 0. The van der Waals surface area contributed by atoms with Crippen molar-refractivity contribution in [3.05, 3.63) is 28.7 Å². The fraction of sp³-hybridized carbons (Fsp3) is 0.500. The van der Waals surface area contributed by atoms with Gasteiger partial charge < -0.3 is 0 Å². The number of nitrogens with zero attached hydrogens (tertiary/aromatic N) is 3. The van der Waals surface area contributed by atoms with E-state index < -0.39 is 5.82 Å². The lowest BCUT2D eigenvalue weighted by Crippen LogP contribution is -2.06. The number of allylic oxidation sites excluding steroid dienone is 2. The van der Waals surface area contributed by atoms with Crippen LogP contribution in [0.3, 0.4) is 0 Å². The smallest absolute Gasteiger partial charge is 0.223 e. The summed E-state index contributed by atoms with van der Waals surface area (Å²) in [5.41, 5.74) is 2.65. The molecule has 0 amide bonds. The molecule has 1 heterocycles. The molecule has 1 unspecified atom stereocenters. The van der Waals surface area contributed by atoms with Gasteiger partial charge in [0.2, 0.25) is 5.28 Å². The molecule has 0 aliphatic rings. The predicted octanol–water partition coefficient (Wildman–Crippen LogP) is 4.53. The molecule has 5 heteroatoms. The van der Waals surface area contributed by atoms with Crippen LogP contribution in [-0.2, 0) is 0 Å². The van der Waals surface area contributed by atoms with Crippen molar-refractivity contribution in [1.82, 2.24) is 9.97 Å². The van der Waals surface area contributed by atoms with Gasteiger partial charge in [-0.15, -0.1) is 0 Å². The molecule has 0 aliphatic heterocycles. The Bertz CT molecular complexity index is 523. The second-order valence-corrected chi connectivity index (χ2v) is 4.95. The molecule has 0 bridgehead atoms. The van der Waals surface area contributed by atoms with Crippen molar-refractivity contribution < 1.29 is 4.39 Å². The van der Waals surface area contributed by atoms with Crippen LogP contribution >= 0.6 is 11.6 Å². The summed E-state index contributed by atoms with van der Waals surface area (Å²) in [6.45, 7) is 9.83. The van der Waals surface area contributed by atoms with E-state index in [-0.39, 0.29) is 11.0 Å². The van der Waals surface area contributed by atoms with Crippen LogP contribution in [0.5, 0.6) is 0 Å². The van der Waals surface area contributed by atoms with E-state index in [1.165, 1.54) is 0 Å². The first-order valence-electron chi connectivity index (χ1n) is 6.27. The Morgan fingerprint density at radius 3 is 2.63 bits per heavy atom. The first kappa shape index (κ1) is 15.8. The molecule has 1 rings (SSSR count). The molecule has 0 aromatic carbocycles. The monoisotopic (exact) mass is 283 g/mol. The molecule has 0 aliphatic carbocycles. The van der Waals surface area contributed by atoms with Gasteiger partial charge in [-0.05, 0) is 50.3 Å². The summed E-state index contributed by atoms with van der Waals surface area (Å²) in [5.74, 6) is -0.0840. The van der Waals surface area contributed by atoms with Crippen LogP contribution < -0.4 is 0 Å². The van der Waals surface area contributed by atoms with E-state index >= 15 is 0 Å². The van der Waals surface area contributed by atoms with Gasteiger partial charge in [0.15, 0.2) is 5.82 Å². The third-order valence-electron chi connectivity index (χ3n) is 3.28. The number of hydrogen-bond acceptors (Lipinski definition) is 3. The second kappa shape index (κ2) is 6.75. The van der Waals surface area contributed by atoms with Gasteiger partial charge in [-0.25, -0.2) is 14.4 Å². The molecule has 0 saturated heterocycles. The maximum Gasteiger partial charge on any atom is 0.223 e. The molecule has 1 atom stereocenters. The summed E-state index contributed by atoms with van der Waals surface area (Å²) in [6.07, 6.45) is 2.10. The Kier molecular flexibility index (Phi) is 5.60. The van der Waals surface area contributed by atoms with E-state index in [0.29, 0.717) is 11.5 Å². The zero-order valence-corrected chi connectivity index (χ0v) is 12.7. The number of aliphatic imine (C=N–C) groups is 1. The predicted molar refractivity (Wildman–Crippen MR) is 77.8 cm³/mol. The van der Waals surface area contributed by atoms with E-state index in [2.05, 4.69) is 28.8 Å². The van der Waals surface area contributed by atoms with Crippen LogP contribution in [0.4, 0.5) is 4.39 Å². The van der Waals surface area contributed by atoms with Crippen molar-refractivity contribution in [3.8, 4) is 0 Å². The zero-order valence-electron chi connectivity index (χ0n) is 12.0. The molecule has 0 saturated carbocycles. The van der Waals surface area contributed by atoms with E-state index in [4.69, 9.17) is 11.6 Å². The van der Waals surface area contributed by atoms with Gasteiger partial charge in [0.25, 0.3) is 0 Å². The largest absolute Gasteiger partial charge is 0.262 e. The summed E-state index contributed by atoms with van der Waals surface area (Å²) < 4.78 is 13.7. The topological polar surface area (TPSA) is 38.1 Å². The molecular weight excluding hydrogens is 265 g/mol. The highest BCUT2D eigenvalue weighted by Gasteiger charge is 2.11. The van der Waals surface area contributed by atoms with Gasteiger partial charge in [-0.3, -0.25) is 4.99 Å².